The van der Waals surface area contributed by atoms with Gasteiger partial charge in [0.15, 0.2) is 0 Å². The van der Waals surface area contributed by atoms with Crippen molar-refractivity contribution in [2.75, 3.05) is 0 Å². The van der Waals surface area contributed by atoms with Crippen molar-refractivity contribution in [3.8, 4) is 0 Å². The molecule has 0 aliphatic heterocycles. The fraction of sp³-hybridized carbons (Fsp3) is 0.125. The van der Waals surface area contributed by atoms with Crippen molar-refractivity contribution < 1.29 is 0 Å². The van der Waals surface area contributed by atoms with E-state index in [1.807, 2.05) is 18.2 Å². The van der Waals surface area contributed by atoms with Crippen LogP contribution in [-0.2, 0) is 0 Å². The molecule has 1 nitrogen and oxygen atoms in total. The molecule has 0 radical (unpaired) electrons. The maximum Gasteiger partial charge on any atom is 0.0664 e. The van der Waals surface area contributed by atoms with E-state index in [0.29, 0.717) is 0 Å². The molecule has 0 aliphatic carbocycles. The quantitative estimate of drug-likeness (QED) is 0.532. The maximum absolute atomic E-state index is 4.17. The van der Waals surface area contributed by atoms with E-state index < -0.39 is 0 Å². The minimum absolute atomic E-state index is 1.05. The van der Waals surface area contributed by atoms with Crippen LogP contribution in [0.1, 0.15) is 5.56 Å². The zero-order valence-corrected chi connectivity index (χ0v) is 7.87. The second-order valence-electron chi connectivity index (χ2n) is 2.01. The van der Waals surface area contributed by atoms with E-state index in [1.54, 1.807) is 4.22 Å². The minimum atomic E-state index is 1.05. The summed E-state index contributed by atoms with van der Waals surface area (Å²) < 4.78 is 1.78. The van der Waals surface area contributed by atoms with Crippen molar-refractivity contribution >= 4 is 32.5 Å². The summed E-state index contributed by atoms with van der Waals surface area (Å²) in [6.45, 7) is 2.05. The molecule has 0 unspecified atom stereocenters. The molecule has 1 rings (SSSR count). The van der Waals surface area contributed by atoms with Crippen molar-refractivity contribution in [3.05, 3.63) is 29.8 Å². The molecule has 0 spiro atoms. The highest BCUT2D eigenvalue weighted by atomic mass is 127. The highest BCUT2D eigenvalue weighted by molar-refractivity contribution is 14.1. The van der Waals surface area contributed by atoms with Crippen LogP contribution in [0.3, 0.4) is 0 Å². The standard InChI is InChI=1S/C8H8IN/c1-7-4-2-3-5-8(7)10-6-9/h2-6H,1H3/b10-6-. The Kier molecular flexibility index (Phi) is 2.86. The molecule has 0 aromatic heterocycles. The molecule has 0 saturated heterocycles. The third-order valence-corrected chi connectivity index (χ3v) is 1.58. The number of hydrogen-bond acceptors (Lipinski definition) is 1. The Morgan fingerprint density at radius 1 is 1.40 bits per heavy atom. The second-order valence-corrected chi connectivity index (χ2v) is 2.57. The van der Waals surface area contributed by atoms with E-state index in [-0.39, 0.29) is 0 Å². The summed E-state index contributed by atoms with van der Waals surface area (Å²) >= 11 is 2.12. The molecule has 0 bridgehead atoms. The third-order valence-electron chi connectivity index (χ3n) is 1.30. The zero-order chi connectivity index (χ0) is 7.40. The summed E-state index contributed by atoms with van der Waals surface area (Å²) in [6, 6.07) is 8.07. The summed E-state index contributed by atoms with van der Waals surface area (Å²) in [5, 5.41) is 0. The van der Waals surface area contributed by atoms with Crippen LogP contribution in [0.2, 0.25) is 0 Å². The van der Waals surface area contributed by atoms with Crippen LogP contribution in [0.4, 0.5) is 5.69 Å². The molecule has 0 N–H and O–H groups in total. The maximum atomic E-state index is 4.17. The summed E-state index contributed by atoms with van der Waals surface area (Å²) in [7, 11) is 0. The summed E-state index contributed by atoms with van der Waals surface area (Å²) in [6.07, 6.45) is 0. The minimum Gasteiger partial charge on any atom is -0.250 e. The van der Waals surface area contributed by atoms with Crippen molar-refractivity contribution in [1.29, 1.82) is 0 Å². The summed E-state index contributed by atoms with van der Waals surface area (Å²) in [5.41, 5.74) is 2.27. The molecule has 1 aromatic carbocycles. The van der Waals surface area contributed by atoms with Gasteiger partial charge in [-0.25, -0.2) is 0 Å². The first kappa shape index (κ1) is 7.72. The monoisotopic (exact) mass is 245 g/mol. The van der Waals surface area contributed by atoms with Gasteiger partial charge in [-0.3, -0.25) is 4.99 Å². The average molecular weight is 245 g/mol. The predicted octanol–water partition coefficient (Wildman–Crippen LogP) is 3.09. The fourth-order valence-electron chi connectivity index (χ4n) is 0.761. The number of hydrogen-bond donors (Lipinski definition) is 0. The van der Waals surface area contributed by atoms with Crippen LogP contribution in [-0.4, -0.2) is 4.22 Å². The van der Waals surface area contributed by atoms with Gasteiger partial charge in [0.1, 0.15) is 0 Å². The summed E-state index contributed by atoms with van der Waals surface area (Å²) in [4.78, 5) is 4.17. The average Bonchev–Trinajstić information content (AvgIpc) is 1.94. The van der Waals surface area contributed by atoms with Crippen molar-refractivity contribution in [1.82, 2.24) is 0 Å². The third kappa shape index (κ3) is 1.80. The first-order chi connectivity index (χ1) is 4.84. The van der Waals surface area contributed by atoms with E-state index in [1.165, 1.54) is 5.56 Å². The topological polar surface area (TPSA) is 12.4 Å². The second kappa shape index (κ2) is 3.71. The Morgan fingerprint density at radius 3 is 2.70 bits per heavy atom. The number of aryl methyl sites for hydroxylation is 1. The van der Waals surface area contributed by atoms with E-state index >= 15 is 0 Å². The van der Waals surface area contributed by atoms with Gasteiger partial charge in [-0.2, -0.15) is 0 Å². The van der Waals surface area contributed by atoms with Crippen LogP contribution in [0.15, 0.2) is 29.3 Å². The Balaban J connectivity index is 3.03. The number of benzene rings is 1. The molecule has 0 saturated carbocycles. The molecule has 0 aliphatic rings. The van der Waals surface area contributed by atoms with E-state index in [4.69, 9.17) is 0 Å². The zero-order valence-electron chi connectivity index (χ0n) is 5.71. The largest absolute Gasteiger partial charge is 0.250 e. The molecule has 1 aromatic rings. The van der Waals surface area contributed by atoms with Crippen LogP contribution >= 0.6 is 22.6 Å². The van der Waals surface area contributed by atoms with Crippen LogP contribution in [0, 0.1) is 6.92 Å². The van der Waals surface area contributed by atoms with Crippen LogP contribution in [0.25, 0.3) is 0 Å². The number of aliphatic imine (C=N–C) groups is 1. The molecule has 52 valence electrons. The Morgan fingerprint density at radius 2 is 2.10 bits per heavy atom. The number of nitrogens with zero attached hydrogens (tertiary/aromatic N) is 1. The molecule has 0 heterocycles. The molecule has 10 heavy (non-hydrogen) atoms. The molecule has 0 fully saturated rings. The van der Waals surface area contributed by atoms with Crippen molar-refractivity contribution in [2.24, 2.45) is 4.99 Å². The number of halogens is 1. The van der Waals surface area contributed by atoms with Gasteiger partial charge >= 0.3 is 0 Å². The van der Waals surface area contributed by atoms with Crippen LogP contribution < -0.4 is 0 Å². The first-order valence-corrected chi connectivity index (χ1v) is 4.27. The van der Waals surface area contributed by atoms with Gasteiger partial charge in [-0.15, -0.1) is 0 Å². The van der Waals surface area contributed by atoms with Crippen LogP contribution in [0.5, 0.6) is 0 Å². The molecular weight excluding hydrogens is 237 g/mol. The van der Waals surface area contributed by atoms with Crippen molar-refractivity contribution in [3.63, 3.8) is 0 Å². The van der Waals surface area contributed by atoms with Gasteiger partial charge in [0.2, 0.25) is 0 Å². The van der Waals surface area contributed by atoms with Crippen molar-refractivity contribution in [2.45, 2.75) is 6.92 Å². The summed E-state index contributed by atoms with van der Waals surface area (Å²) in [5.74, 6) is 0. The Bertz CT molecular complexity index is 243. The van der Waals surface area contributed by atoms with E-state index in [2.05, 4.69) is 40.6 Å². The molecule has 2 heteroatoms. The first-order valence-electron chi connectivity index (χ1n) is 3.03. The van der Waals surface area contributed by atoms with Gasteiger partial charge in [-0.1, -0.05) is 18.2 Å². The predicted molar refractivity (Wildman–Crippen MR) is 53.4 cm³/mol. The molecular formula is C8H8IN. The normalized spacial score (nSPS) is 10.6. The van der Waals surface area contributed by atoms with E-state index in [9.17, 15) is 0 Å². The number of para-hydroxylation sites is 1. The fourth-order valence-corrected chi connectivity index (χ4v) is 1.06. The lowest BCUT2D eigenvalue weighted by Gasteiger charge is -1.95. The van der Waals surface area contributed by atoms with Gasteiger partial charge in [-0.05, 0) is 41.1 Å². The highest BCUT2D eigenvalue weighted by Gasteiger charge is 1.89. The smallest absolute Gasteiger partial charge is 0.0664 e. The van der Waals surface area contributed by atoms with Gasteiger partial charge in [0.05, 0.1) is 9.91 Å². The van der Waals surface area contributed by atoms with Gasteiger partial charge in [0, 0.05) is 0 Å². The lowest BCUT2D eigenvalue weighted by atomic mass is 10.2. The van der Waals surface area contributed by atoms with Gasteiger partial charge in [0.25, 0.3) is 0 Å². The molecule has 0 amide bonds. The SMILES string of the molecule is Cc1ccccc1/N=C\I. The number of rotatable bonds is 1. The lowest BCUT2D eigenvalue weighted by molar-refractivity contribution is 1.41. The Hall–Kier alpha value is -0.380. The lowest BCUT2D eigenvalue weighted by Crippen LogP contribution is -1.70. The molecule has 0 atom stereocenters. The highest BCUT2D eigenvalue weighted by Crippen LogP contribution is 2.16. The van der Waals surface area contributed by atoms with Gasteiger partial charge < -0.3 is 0 Å². The Labute approximate surface area is 74.3 Å². The van der Waals surface area contributed by atoms with E-state index in [0.717, 1.165) is 5.69 Å².